The van der Waals surface area contributed by atoms with E-state index in [0.717, 1.165) is 29.8 Å². The van der Waals surface area contributed by atoms with Crippen LogP contribution in [0.2, 0.25) is 0 Å². The van der Waals surface area contributed by atoms with E-state index in [9.17, 15) is 0 Å². The third-order valence-electron chi connectivity index (χ3n) is 4.22. The van der Waals surface area contributed by atoms with Crippen molar-refractivity contribution < 1.29 is 9.26 Å². The Bertz CT molecular complexity index is 556. The van der Waals surface area contributed by atoms with Crippen molar-refractivity contribution >= 4 is 0 Å². The van der Waals surface area contributed by atoms with E-state index >= 15 is 0 Å². The number of benzene rings is 1. The molecule has 0 radical (unpaired) electrons. The third-order valence-corrected chi connectivity index (χ3v) is 4.22. The van der Waals surface area contributed by atoms with Crippen LogP contribution in [0.4, 0.5) is 0 Å². The molecule has 4 nitrogen and oxygen atoms in total. The van der Waals surface area contributed by atoms with Gasteiger partial charge in [-0.2, -0.15) is 4.98 Å². The minimum atomic E-state index is 0.707. The lowest BCUT2D eigenvalue weighted by atomic mass is 9.87. The van der Waals surface area contributed by atoms with Gasteiger partial charge in [0.05, 0.1) is 7.11 Å². The molecule has 1 aliphatic carbocycles. The monoisotopic (exact) mass is 286 g/mol. The quantitative estimate of drug-likeness (QED) is 0.839. The first-order valence-electron chi connectivity index (χ1n) is 7.78. The van der Waals surface area contributed by atoms with E-state index in [0.29, 0.717) is 6.42 Å². The van der Waals surface area contributed by atoms with Gasteiger partial charge in [-0.05, 0) is 36.5 Å². The van der Waals surface area contributed by atoms with Crippen molar-refractivity contribution in [3.05, 3.63) is 41.5 Å². The van der Waals surface area contributed by atoms with Crippen molar-refractivity contribution in [3.8, 4) is 5.75 Å². The Balaban J connectivity index is 1.58. The third kappa shape index (κ3) is 3.84. The maximum atomic E-state index is 5.40. The lowest BCUT2D eigenvalue weighted by molar-refractivity contribution is 0.304. The lowest BCUT2D eigenvalue weighted by Crippen LogP contribution is -2.09. The Kier molecular flexibility index (Phi) is 4.53. The highest BCUT2D eigenvalue weighted by Crippen LogP contribution is 2.26. The summed E-state index contributed by atoms with van der Waals surface area (Å²) < 4.78 is 10.6. The molecular formula is C17H22N2O2. The summed E-state index contributed by atoms with van der Waals surface area (Å²) in [5, 5.41) is 4.10. The van der Waals surface area contributed by atoms with Crippen molar-refractivity contribution in [2.45, 2.75) is 44.9 Å². The van der Waals surface area contributed by atoms with Crippen LogP contribution in [0.3, 0.4) is 0 Å². The van der Waals surface area contributed by atoms with E-state index in [2.05, 4.69) is 10.1 Å². The number of hydrogen-bond acceptors (Lipinski definition) is 4. The van der Waals surface area contributed by atoms with Crippen LogP contribution >= 0.6 is 0 Å². The molecule has 0 spiro atoms. The summed E-state index contributed by atoms with van der Waals surface area (Å²) in [6, 6.07) is 7.99. The first kappa shape index (κ1) is 14.1. The molecular weight excluding hydrogens is 264 g/mol. The highest BCUT2D eigenvalue weighted by molar-refractivity contribution is 5.28. The number of hydrogen-bond donors (Lipinski definition) is 0. The first-order chi connectivity index (χ1) is 10.3. The number of nitrogens with zero attached hydrogens (tertiary/aromatic N) is 2. The molecule has 1 aromatic carbocycles. The number of aromatic nitrogens is 2. The van der Waals surface area contributed by atoms with Gasteiger partial charge in [0.2, 0.25) is 5.89 Å². The molecule has 112 valence electrons. The van der Waals surface area contributed by atoms with Crippen LogP contribution in [-0.2, 0) is 12.8 Å². The van der Waals surface area contributed by atoms with Gasteiger partial charge in [-0.1, -0.05) is 36.6 Å². The first-order valence-corrected chi connectivity index (χ1v) is 7.78. The average molecular weight is 286 g/mol. The number of rotatable bonds is 5. The fraction of sp³-hybridized carbons (Fsp3) is 0.529. The van der Waals surface area contributed by atoms with E-state index in [1.54, 1.807) is 7.11 Å². The average Bonchev–Trinajstić information content (AvgIpc) is 2.96. The molecule has 1 aliphatic rings. The predicted molar refractivity (Wildman–Crippen MR) is 80.4 cm³/mol. The molecule has 0 aliphatic heterocycles. The fourth-order valence-electron chi connectivity index (χ4n) is 3.01. The van der Waals surface area contributed by atoms with Gasteiger partial charge in [0, 0.05) is 12.8 Å². The Labute approximate surface area is 125 Å². The molecule has 0 saturated heterocycles. The Morgan fingerprint density at radius 2 is 1.90 bits per heavy atom. The topological polar surface area (TPSA) is 48.2 Å². The zero-order valence-corrected chi connectivity index (χ0v) is 12.5. The standard InChI is InChI=1S/C17H22N2O2/c1-20-15-9-7-14(8-10-15)11-16-18-17(21-19-16)12-13-5-3-2-4-6-13/h7-10,13H,2-6,11-12H2,1H3. The minimum absolute atomic E-state index is 0.707. The molecule has 4 heteroatoms. The van der Waals surface area contributed by atoms with Crippen molar-refractivity contribution in [1.82, 2.24) is 10.1 Å². The normalized spacial score (nSPS) is 16.0. The van der Waals surface area contributed by atoms with Gasteiger partial charge < -0.3 is 9.26 Å². The summed E-state index contributed by atoms with van der Waals surface area (Å²) in [6.07, 6.45) is 8.32. The zero-order valence-electron chi connectivity index (χ0n) is 12.5. The molecule has 0 atom stereocenters. The van der Waals surface area contributed by atoms with E-state index in [4.69, 9.17) is 9.26 Å². The molecule has 21 heavy (non-hydrogen) atoms. The number of ether oxygens (including phenoxy) is 1. The van der Waals surface area contributed by atoms with E-state index in [1.165, 1.54) is 37.7 Å². The molecule has 1 aromatic heterocycles. The molecule has 0 bridgehead atoms. The van der Waals surface area contributed by atoms with Gasteiger partial charge in [-0.3, -0.25) is 0 Å². The van der Waals surface area contributed by atoms with Gasteiger partial charge in [0.15, 0.2) is 5.82 Å². The highest BCUT2D eigenvalue weighted by Gasteiger charge is 2.17. The number of methoxy groups -OCH3 is 1. The molecule has 1 saturated carbocycles. The van der Waals surface area contributed by atoms with E-state index in [-0.39, 0.29) is 0 Å². The predicted octanol–water partition coefficient (Wildman–Crippen LogP) is 3.79. The van der Waals surface area contributed by atoms with Crippen molar-refractivity contribution in [3.63, 3.8) is 0 Å². The highest BCUT2D eigenvalue weighted by atomic mass is 16.5. The molecule has 0 unspecified atom stereocenters. The summed E-state index contributed by atoms with van der Waals surface area (Å²) in [4.78, 5) is 4.53. The van der Waals surface area contributed by atoms with Crippen molar-refractivity contribution in [2.24, 2.45) is 5.92 Å². The maximum absolute atomic E-state index is 5.40. The second-order valence-corrected chi connectivity index (χ2v) is 5.84. The Morgan fingerprint density at radius 1 is 1.14 bits per heavy atom. The maximum Gasteiger partial charge on any atom is 0.226 e. The second-order valence-electron chi connectivity index (χ2n) is 5.84. The smallest absolute Gasteiger partial charge is 0.226 e. The zero-order chi connectivity index (χ0) is 14.5. The van der Waals surface area contributed by atoms with Crippen LogP contribution in [0.15, 0.2) is 28.8 Å². The summed E-state index contributed by atoms with van der Waals surface area (Å²) in [5.74, 6) is 3.16. The van der Waals surface area contributed by atoms with Crippen LogP contribution in [-0.4, -0.2) is 17.3 Å². The van der Waals surface area contributed by atoms with Gasteiger partial charge in [-0.15, -0.1) is 0 Å². The van der Waals surface area contributed by atoms with Gasteiger partial charge in [0.25, 0.3) is 0 Å². The van der Waals surface area contributed by atoms with Crippen LogP contribution in [0.25, 0.3) is 0 Å². The molecule has 2 aromatic rings. The molecule has 1 heterocycles. The fourth-order valence-corrected chi connectivity index (χ4v) is 3.01. The summed E-state index contributed by atoms with van der Waals surface area (Å²) in [6.45, 7) is 0. The molecule has 1 fully saturated rings. The Hall–Kier alpha value is -1.84. The van der Waals surface area contributed by atoms with Crippen LogP contribution < -0.4 is 4.74 Å². The second kappa shape index (κ2) is 6.74. The van der Waals surface area contributed by atoms with Crippen LogP contribution in [0.5, 0.6) is 5.75 Å². The van der Waals surface area contributed by atoms with Crippen LogP contribution in [0, 0.1) is 5.92 Å². The van der Waals surface area contributed by atoms with E-state index in [1.807, 2.05) is 24.3 Å². The molecule has 0 amide bonds. The van der Waals surface area contributed by atoms with E-state index < -0.39 is 0 Å². The largest absolute Gasteiger partial charge is 0.497 e. The van der Waals surface area contributed by atoms with Gasteiger partial charge in [-0.25, -0.2) is 0 Å². The van der Waals surface area contributed by atoms with Gasteiger partial charge in [0.1, 0.15) is 5.75 Å². The summed E-state index contributed by atoms with van der Waals surface area (Å²) in [7, 11) is 1.67. The summed E-state index contributed by atoms with van der Waals surface area (Å²) in [5.41, 5.74) is 1.17. The minimum Gasteiger partial charge on any atom is -0.497 e. The van der Waals surface area contributed by atoms with Crippen molar-refractivity contribution in [2.75, 3.05) is 7.11 Å². The Morgan fingerprint density at radius 3 is 2.62 bits per heavy atom. The van der Waals surface area contributed by atoms with Crippen LogP contribution in [0.1, 0.15) is 49.4 Å². The SMILES string of the molecule is COc1ccc(Cc2noc(CC3CCCCC3)n2)cc1. The van der Waals surface area contributed by atoms with Gasteiger partial charge >= 0.3 is 0 Å². The molecule has 3 rings (SSSR count). The molecule has 0 N–H and O–H groups in total. The lowest BCUT2D eigenvalue weighted by Gasteiger charge is -2.19. The van der Waals surface area contributed by atoms with Crippen molar-refractivity contribution in [1.29, 1.82) is 0 Å². The summed E-state index contributed by atoms with van der Waals surface area (Å²) >= 11 is 0.